The molecule has 0 saturated carbocycles. The predicted octanol–water partition coefficient (Wildman–Crippen LogP) is 0.843. The zero-order valence-corrected chi connectivity index (χ0v) is 23.8. The minimum absolute atomic E-state index is 0.00963. The Bertz CT molecular complexity index is 1070. The van der Waals surface area contributed by atoms with Crippen LogP contribution in [0.25, 0.3) is 0 Å². The van der Waals surface area contributed by atoms with Crippen molar-refractivity contribution >= 4 is 29.6 Å². The Hall–Kier alpha value is -3.21. The number of hydrogen-bond donors (Lipinski definition) is 4. The number of likely N-dealkylation sites (N-methyl/N-ethyl adjacent to an activating group) is 1. The second-order valence-electron chi connectivity index (χ2n) is 11.7. The first kappa shape index (κ1) is 29.8. The van der Waals surface area contributed by atoms with E-state index >= 15 is 0 Å². The highest BCUT2D eigenvalue weighted by Crippen LogP contribution is 2.32. The Morgan fingerprint density at radius 2 is 1.88 bits per heavy atom. The molecule has 3 saturated heterocycles. The molecule has 0 spiro atoms. The van der Waals surface area contributed by atoms with Crippen molar-refractivity contribution in [2.24, 2.45) is 5.41 Å². The van der Waals surface area contributed by atoms with E-state index in [2.05, 4.69) is 21.3 Å². The second kappa shape index (κ2) is 13.0. The fraction of sp³-hybridized carbons (Fsp3) is 0.690. The third kappa shape index (κ3) is 6.92. The Balaban J connectivity index is 1.36. The van der Waals surface area contributed by atoms with Crippen molar-refractivity contribution in [2.75, 3.05) is 20.1 Å². The maximum absolute atomic E-state index is 13.6. The fourth-order valence-electron chi connectivity index (χ4n) is 6.03. The zero-order valence-electron chi connectivity index (χ0n) is 23.8. The molecule has 0 aromatic rings. The van der Waals surface area contributed by atoms with Gasteiger partial charge in [-0.25, -0.2) is 0 Å². The summed E-state index contributed by atoms with van der Waals surface area (Å²) >= 11 is 0. The van der Waals surface area contributed by atoms with E-state index in [9.17, 15) is 24.0 Å². The molecule has 0 radical (unpaired) electrons. The van der Waals surface area contributed by atoms with Gasteiger partial charge in [0.15, 0.2) is 0 Å². The van der Waals surface area contributed by atoms with Gasteiger partial charge in [-0.1, -0.05) is 31.1 Å². The largest absolute Gasteiger partial charge is 0.460 e. The highest BCUT2D eigenvalue weighted by Gasteiger charge is 2.44. The number of amides is 4. The average Bonchev–Trinajstić information content (AvgIpc) is 3.55. The summed E-state index contributed by atoms with van der Waals surface area (Å²) in [5.74, 6) is -1.04. The number of ether oxygens (including phenoxy) is 1. The highest BCUT2D eigenvalue weighted by atomic mass is 16.5. The number of nitrogens with one attached hydrogen (secondary N) is 4. The van der Waals surface area contributed by atoms with Gasteiger partial charge in [0.05, 0.1) is 18.0 Å². The van der Waals surface area contributed by atoms with Crippen LogP contribution in [0.3, 0.4) is 0 Å². The van der Waals surface area contributed by atoms with E-state index in [1.807, 2.05) is 25.2 Å². The van der Waals surface area contributed by atoms with Crippen LogP contribution < -0.4 is 21.3 Å². The summed E-state index contributed by atoms with van der Waals surface area (Å²) < 4.78 is 5.19. The maximum Gasteiger partial charge on any atom is 0.306 e. The molecule has 40 heavy (non-hydrogen) atoms. The lowest BCUT2D eigenvalue weighted by atomic mass is 9.80. The number of cyclic esters (lactones) is 1. The summed E-state index contributed by atoms with van der Waals surface area (Å²) in [7, 11) is 1.70. The van der Waals surface area contributed by atoms with Crippen molar-refractivity contribution < 1.29 is 28.7 Å². The number of esters is 1. The van der Waals surface area contributed by atoms with E-state index in [1.54, 1.807) is 18.9 Å². The minimum atomic E-state index is -0.787. The molecule has 3 aliphatic heterocycles. The van der Waals surface area contributed by atoms with Crippen LogP contribution in [0.4, 0.5) is 0 Å². The van der Waals surface area contributed by atoms with E-state index in [0.717, 1.165) is 31.3 Å². The van der Waals surface area contributed by atoms with Gasteiger partial charge < -0.3 is 30.9 Å². The smallest absolute Gasteiger partial charge is 0.306 e. The van der Waals surface area contributed by atoms with Crippen LogP contribution in [0.2, 0.25) is 0 Å². The summed E-state index contributed by atoms with van der Waals surface area (Å²) in [6.45, 7) is 4.11. The molecule has 4 rings (SSSR count). The SMILES string of the molecule is CN[C@@H](C)C(=O)N[C@H]1CCCC[C@H]2CC[C@@H](C(=O)NCC3=CC(C)(C(=O)NC[C@H]4CCC(=O)O4)CC=C3)N2C1=O. The Labute approximate surface area is 235 Å². The Morgan fingerprint density at radius 1 is 1.10 bits per heavy atom. The lowest BCUT2D eigenvalue weighted by Crippen LogP contribution is -2.58. The first-order valence-electron chi connectivity index (χ1n) is 14.5. The lowest BCUT2D eigenvalue weighted by molar-refractivity contribution is -0.144. The minimum Gasteiger partial charge on any atom is -0.460 e. The first-order chi connectivity index (χ1) is 19.1. The molecule has 1 aliphatic carbocycles. The molecular weight excluding hydrogens is 514 g/mol. The molecular formula is C29H43N5O6. The molecule has 3 fully saturated rings. The second-order valence-corrected chi connectivity index (χ2v) is 11.7. The molecule has 3 heterocycles. The summed E-state index contributed by atoms with van der Waals surface area (Å²) in [6.07, 6.45) is 11.4. The molecule has 4 amide bonds. The third-order valence-electron chi connectivity index (χ3n) is 8.60. The van der Waals surface area contributed by atoms with Crippen LogP contribution in [0, 0.1) is 5.41 Å². The van der Waals surface area contributed by atoms with Crippen molar-refractivity contribution in [1.82, 2.24) is 26.2 Å². The standard InChI is InChI=1S/C29H43N5O6/c1-18(30-3)25(36)33-22-9-5-4-8-20-10-12-23(34(20)27(22)38)26(37)31-16-19-7-6-14-29(2,15-19)28(39)32-17-21-11-13-24(35)40-21/h6-7,15,18,20-23,30H,4-5,8-14,16-17H2,1-3H3,(H,31,37)(H,32,39)(H,33,36)/t18-,20-,21+,22-,23-,29?/m0/s1. The van der Waals surface area contributed by atoms with Gasteiger partial charge in [-0.3, -0.25) is 24.0 Å². The average molecular weight is 558 g/mol. The summed E-state index contributed by atoms with van der Waals surface area (Å²) in [5.41, 5.74) is 0.0226. The Kier molecular flexibility index (Phi) is 9.65. The van der Waals surface area contributed by atoms with Gasteiger partial charge in [-0.15, -0.1) is 0 Å². The maximum atomic E-state index is 13.6. The van der Waals surface area contributed by atoms with Gasteiger partial charge in [-0.05, 0) is 65.0 Å². The molecule has 0 aromatic carbocycles. The van der Waals surface area contributed by atoms with E-state index in [1.165, 1.54) is 0 Å². The van der Waals surface area contributed by atoms with E-state index < -0.39 is 23.5 Å². The van der Waals surface area contributed by atoms with Crippen molar-refractivity contribution in [3.8, 4) is 0 Å². The van der Waals surface area contributed by atoms with Crippen molar-refractivity contribution in [3.63, 3.8) is 0 Å². The molecule has 11 heteroatoms. The quantitative estimate of drug-likeness (QED) is 0.307. The summed E-state index contributed by atoms with van der Waals surface area (Å²) in [4.78, 5) is 65.5. The van der Waals surface area contributed by atoms with Crippen LogP contribution in [-0.2, 0) is 28.7 Å². The number of nitrogens with zero attached hydrogens (tertiary/aromatic N) is 1. The highest BCUT2D eigenvalue weighted by molar-refractivity contribution is 5.94. The molecule has 0 aromatic heterocycles. The van der Waals surface area contributed by atoms with Crippen LogP contribution in [-0.4, -0.2) is 84.9 Å². The van der Waals surface area contributed by atoms with Crippen molar-refractivity contribution in [1.29, 1.82) is 0 Å². The van der Waals surface area contributed by atoms with Gasteiger partial charge >= 0.3 is 5.97 Å². The molecule has 0 bridgehead atoms. The van der Waals surface area contributed by atoms with Crippen molar-refractivity contribution in [2.45, 2.75) is 102 Å². The first-order valence-corrected chi connectivity index (χ1v) is 14.5. The van der Waals surface area contributed by atoms with E-state index in [-0.39, 0.29) is 54.8 Å². The molecule has 1 unspecified atom stereocenters. The van der Waals surface area contributed by atoms with Crippen molar-refractivity contribution in [3.05, 3.63) is 23.8 Å². The predicted molar refractivity (Wildman–Crippen MR) is 148 cm³/mol. The van der Waals surface area contributed by atoms with Gasteiger partial charge in [0, 0.05) is 19.0 Å². The van der Waals surface area contributed by atoms with Gasteiger partial charge in [0.2, 0.25) is 23.6 Å². The number of allylic oxidation sites excluding steroid dienone is 1. The molecule has 11 nitrogen and oxygen atoms in total. The summed E-state index contributed by atoms with van der Waals surface area (Å²) in [6, 6.07) is -1.66. The number of fused-ring (bicyclic) bond motifs is 1. The Morgan fingerprint density at radius 3 is 2.60 bits per heavy atom. The lowest BCUT2D eigenvalue weighted by Gasteiger charge is -2.35. The number of carbonyl (C=O) groups is 5. The zero-order chi connectivity index (χ0) is 28.9. The molecule has 4 N–H and O–H groups in total. The van der Waals surface area contributed by atoms with Gasteiger partial charge in [0.25, 0.3) is 0 Å². The topological polar surface area (TPSA) is 146 Å². The fourth-order valence-corrected chi connectivity index (χ4v) is 6.03. The summed E-state index contributed by atoms with van der Waals surface area (Å²) in [5, 5.41) is 11.7. The van der Waals surface area contributed by atoms with Crippen LogP contribution in [0.5, 0.6) is 0 Å². The van der Waals surface area contributed by atoms with Crippen LogP contribution >= 0.6 is 0 Å². The number of rotatable bonds is 9. The van der Waals surface area contributed by atoms with Crippen LogP contribution in [0.15, 0.2) is 23.8 Å². The normalized spacial score (nSPS) is 30.9. The third-order valence-corrected chi connectivity index (χ3v) is 8.60. The monoisotopic (exact) mass is 557 g/mol. The van der Waals surface area contributed by atoms with Gasteiger partial charge in [0.1, 0.15) is 18.2 Å². The molecule has 6 atom stereocenters. The van der Waals surface area contributed by atoms with Gasteiger partial charge in [-0.2, -0.15) is 0 Å². The van der Waals surface area contributed by atoms with Crippen LogP contribution in [0.1, 0.15) is 71.6 Å². The number of carbonyl (C=O) groups excluding carboxylic acids is 5. The number of hydrogen-bond acceptors (Lipinski definition) is 7. The molecule has 4 aliphatic rings. The molecule has 220 valence electrons. The van der Waals surface area contributed by atoms with E-state index in [0.29, 0.717) is 32.1 Å². The van der Waals surface area contributed by atoms with E-state index in [4.69, 9.17) is 4.74 Å².